The van der Waals surface area contributed by atoms with E-state index in [0.29, 0.717) is 62.3 Å². The summed E-state index contributed by atoms with van der Waals surface area (Å²) in [6, 6.07) is 14.2. The maximum absolute atomic E-state index is 13.6. The van der Waals surface area contributed by atoms with Crippen LogP contribution in [-0.2, 0) is 26.0 Å². The summed E-state index contributed by atoms with van der Waals surface area (Å²) in [5, 5.41) is 6.50. The number of sulfonamides is 1. The Morgan fingerprint density at radius 3 is 2.33 bits per heavy atom. The molecule has 2 fully saturated rings. The highest BCUT2D eigenvalue weighted by Crippen LogP contribution is 2.37. The zero-order valence-corrected chi connectivity index (χ0v) is 24.2. The Hall–Kier alpha value is -2.82. The van der Waals surface area contributed by atoms with Crippen LogP contribution in [0.5, 0.6) is 0 Å². The SMILES string of the molecule is CNCCC(=O)NC(Cc1ccc(Cl)cc1)C(=O)N1CCN(c2ccccc2N(CC2CC2)S(C)(=O)=O)CC1. The fraction of sp³-hybridized carbons (Fsp3) is 0.500. The summed E-state index contributed by atoms with van der Waals surface area (Å²) in [4.78, 5) is 30.1. The molecule has 1 aliphatic heterocycles. The lowest BCUT2D eigenvalue weighted by atomic mass is 10.0. The number of hydrogen-bond acceptors (Lipinski definition) is 6. The lowest BCUT2D eigenvalue weighted by molar-refractivity contribution is -0.136. The molecule has 0 radical (unpaired) electrons. The van der Waals surface area contributed by atoms with Crippen LogP contribution in [0.25, 0.3) is 0 Å². The van der Waals surface area contributed by atoms with E-state index in [1.807, 2.05) is 36.4 Å². The van der Waals surface area contributed by atoms with Crippen LogP contribution in [0.3, 0.4) is 0 Å². The van der Waals surface area contributed by atoms with Crippen LogP contribution in [0.15, 0.2) is 48.5 Å². The molecule has 4 rings (SSSR count). The van der Waals surface area contributed by atoms with Gasteiger partial charge in [-0.3, -0.25) is 13.9 Å². The van der Waals surface area contributed by atoms with Crippen molar-refractivity contribution < 1.29 is 18.0 Å². The predicted octanol–water partition coefficient (Wildman–Crippen LogP) is 2.50. The third kappa shape index (κ3) is 8.09. The van der Waals surface area contributed by atoms with Crippen molar-refractivity contribution in [3.63, 3.8) is 0 Å². The van der Waals surface area contributed by atoms with Crippen molar-refractivity contribution in [3.05, 3.63) is 59.1 Å². The standard InChI is InChI=1S/C28H38ClN5O4S/c1-30-14-13-27(35)31-24(19-21-9-11-23(29)12-10-21)28(36)33-17-15-32(16-18-33)25-5-3-4-6-26(25)34(39(2,37)38)20-22-7-8-22/h3-6,9-12,22,24,30H,7-8,13-20H2,1-2H3,(H,31,35). The van der Waals surface area contributed by atoms with E-state index in [4.69, 9.17) is 11.6 Å². The molecule has 1 saturated carbocycles. The molecule has 2 aromatic carbocycles. The van der Waals surface area contributed by atoms with Crippen molar-refractivity contribution in [2.24, 2.45) is 5.92 Å². The molecular weight excluding hydrogens is 538 g/mol. The second kappa shape index (κ2) is 13.0. The summed E-state index contributed by atoms with van der Waals surface area (Å²) in [5.41, 5.74) is 2.45. The van der Waals surface area contributed by atoms with Crippen LogP contribution >= 0.6 is 11.6 Å². The number of carbonyl (C=O) groups is 2. The van der Waals surface area contributed by atoms with Crippen molar-refractivity contribution in [1.82, 2.24) is 15.5 Å². The third-order valence-corrected chi connectivity index (χ3v) is 8.59. The first-order valence-electron chi connectivity index (χ1n) is 13.4. The molecular formula is C28H38ClN5O4S. The number of para-hydroxylation sites is 2. The lowest BCUT2D eigenvalue weighted by Gasteiger charge is -2.39. The van der Waals surface area contributed by atoms with E-state index in [1.54, 1.807) is 24.1 Å². The number of nitrogens with zero attached hydrogens (tertiary/aromatic N) is 3. The Kier molecular flexibility index (Phi) is 9.74. The minimum absolute atomic E-state index is 0.123. The summed E-state index contributed by atoms with van der Waals surface area (Å²) >= 11 is 6.03. The molecule has 1 heterocycles. The third-order valence-electron chi connectivity index (χ3n) is 7.19. The number of hydrogen-bond donors (Lipinski definition) is 2. The first kappa shape index (κ1) is 29.2. The van der Waals surface area contributed by atoms with Crippen molar-refractivity contribution in [3.8, 4) is 0 Å². The summed E-state index contributed by atoms with van der Waals surface area (Å²) < 4.78 is 26.9. The van der Waals surface area contributed by atoms with E-state index in [0.717, 1.165) is 24.1 Å². The molecule has 0 bridgehead atoms. The monoisotopic (exact) mass is 575 g/mol. The van der Waals surface area contributed by atoms with E-state index in [-0.39, 0.29) is 18.2 Å². The number of carbonyl (C=O) groups excluding carboxylic acids is 2. The van der Waals surface area contributed by atoms with Crippen LogP contribution in [0.2, 0.25) is 5.02 Å². The largest absolute Gasteiger partial charge is 0.366 e. The second-order valence-corrected chi connectivity index (χ2v) is 12.7. The van der Waals surface area contributed by atoms with Gasteiger partial charge in [0, 0.05) is 57.1 Å². The molecule has 2 aromatic rings. The van der Waals surface area contributed by atoms with E-state index >= 15 is 0 Å². The molecule has 2 amide bonds. The number of piperazine rings is 1. The Balaban J connectivity index is 1.46. The maximum Gasteiger partial charge on any atom is 0.245 e. The number of amides is 2. The summed E-state index contributed by atoms with van der Waals surface area (Å²) in [6.07, 6.45) is 4.02. The quantitative estimate of drug-likeness (QED) is 0.403. The van der Waals surface area contributed by atoms with E-state index < -0.39 is 16.1 Å². The molecule has 9 nitrogen and oxygen atoms in total. The van der Waals surface area contributed by atoms with Crippen molar-refractivity contribution in [2.75, 3.05) is 61.8 Å². The van der Waals surface area contributed by atoms with Crippen molar-refractivity contribution in [1.29, 1.82) is 0 Å². The number of rotatable bonds is 12. The lowest BCUT2D eigenvalue weighted by Crippen LogP contribution is -2.56. The highest BCUT2D eigenvalue weighted by atomic mass is 35.5. The molecule has 212 valence electrons. The van der Waals surface area contributed by atoms with Gasteiger partial charge in [-0.15, -0.1) is 0 Å². The van der Waals surface area contributed by atoms with Gasteiger partial charge < -0.3 is 20.4 Å². The van der Waals surface area contributed by atoms with Crippen LogP contribution < -0.4 is 19.8 Å². The average Bonchev–Trinajstić information content (AvgIpc) is 3.75. The Morgan fingerprint density at radius 2 is 1.72 bits per heavy atom. The maximum atomic E-state index is 13.6. The van der Waals surface area contributed by atoms with E-state index in [9.17, 15) is 18.0 Å². The summed E-state index contributed by atoms with van der Waals surface area (Å²) in [5.74, 6) is 0.103. The average molecular weight is 576 g/mol. The molecule has 0 spiro atoms. The molecule has 2 aliphatic rings. The van der Waals surface area contributed by atoms with Crippen molar-refractivity contribution >= 4 is 44.8 Å². The molecule has 1 saturated heterocycles. The van der Waals surface area contributed by atoms with Gasteiger partial charge >= 0.3 is 0 Å². The van der Waals surface area contributed by atoms with Gasteiger partial charge in [0.05, 0.1) is 17.6 Å². The van der Waals surface area contributed by atoms with E-state index in [1.165, 1.54) is 10.6 Å². The molecule has 0 aromatic heterocycles. The highest BCUT2D eigenvalue weighted by molar-refractivity contribution is 7.92. The topological polar surface area (TPSA) is 102 Å². The minimum Gasteiger partial charge on any atom is -0.366 e. The van der Waals surface area contributed by atoms with Gasteiger partial charge in [0.25, 0.3) is 0 Å². The van der Waals surface area contributed by atoms with Crippen LogP contribution in [-0.4, -0.2) is 83.7 Å². The molecule has 1 aliphatic carbocycles. The first-order chi connectivity index (χ1) is 18.7. The van der Waals surface area contributed by atoms with Crippen LogP contribution in [0.4, 0.5) is 11.4 Å². The van der Waals surface area contributed by atoms with Gasteiger partial charge in [0.15, 0.2) is 0 Å². The number of halogens is 1. The fourth-order valence-electron chi connectivity index (χ4n) is 4.84. The van der Waals surface area contributed by atoms with Crippen LogP contribution in [0, 0.1) is 5.92 Å². The van der Waals surface area contributed by atoms with Gasteiger partial charge in [-0.25, -0.2) is 8.42 Å². The van der Waals surface area contributed by atoms with E-state index in [2.05, 4.69) is 15.5 Å². The summed E-state index contributed by atoms with van der Waals surface area (Å²) in [7, 11) is -1.65. The highest BCUT2D eigenvalue weighted by Gasteiger charge is 2.33. The Morgan fingerprint density at radius 1 is 1.05 bits per heavy atom. The second-order valence-electron chi connectivity index (χ2n) is 10.3. The van der Waals surface area contributed by atoms with Gasteiger partial charge in [0.2, 0.25) is 21.8 Å². The smallest absolute Gasteiger partial charge is 0.245 e. The normalized spacial score (nSPS) is 16.6. The van der Waals surface area contributed by atoms with Crippen LogP contribution in [0.1, 0.15) is 24.8 Å². The molecule has 1 atom stereocenters. The number of nitrogens with one attached hydrogen (secondary N) is 2. The number of anilines is 2. The zero-order valence-electron chi connectivity index (χ0n) is 22.6. The number of benzene rings is 2. The summed E-state index contributed by atoms with van der Waals surface area (Å²) in [6.45, 7) is 3.08. The van der Waals surface area contributed by atoms with Gasteiger partial charge in [-0.1, -0.05) is 35.9 Å². The van der Waals surface area contributed by atoms with Gasteiger partial charge in [-0.05, 0) is 55.6 Å². The molecule has 39 heavy (non-hydrogen) atoms. The predicted molar refractivity (Wildman–Crippen MR) is 156 cm³/mol. The fourth-order valence-corrected chi connectivity index (χ4v) is 5.96. The van der Waals surface area contributed by atoms with Gasteiger partial charge in [-0.2, -0.15) is 0 Å². The zero-order chi connectivity index (χ0) is 28.0. The van der Waals surface area contributed by atoms with Crippen molar-refractivity contribution in [2.45, 2.75) is 31.7 Å². The minimum atomic E-state index is -3.43. The molecule has 2 N–H and O–H groups in total. The molecule has 1 unspecified atom stereocenters. The van der Waals surface area contributed by atoms with Gasteiger partial charge in [0.1, 0.15) is 6.04 Å². The molecule has 11 heteroatoms. The first-order valence-corrected chi connectivity index (χ1v) is 15.7. The Labute approximate surface area is 236 Å². The Bertz CT molecular complexity index is 1240.